The first-order valence-corrected chi connectivity index (χ1v) is 6.80. The van der Waals surface area contributed by atoms with E-state index < -0.39 is 0 Å². The highest BCUT2D eigenvalue weighted by Gasteiger charge is 2.30. The van der Waals surface area contributed by atoms with Crippen molar-refractivity contribution in [2.45, 2.75) is 32.2 Å². The Kier molecular flexibility index (Phi) is 2.74. The summed E-state index contributed by atoms with van der Waals surface area (Å²) in [6.07, 6.45) is 0. The molecule has 2 aliphatic heterocycles. The summed E-state index contributed by atoms with van der Waals surface area (Å²) in [5.41, 5.74) is 2.79. The Morgan fingerprint density at radius 3 is 2.94 bits per heavy atom. The average molecular weight is 246 g/mol. The first kappa shape index (κ1) is 11.8. The highest BCUT2D eigenvalue weighted by molar-refractivity contribution is 5.62. The molecule has 3 nitrogen and oxygen atoms in total. The summed E-state index contributed by atoms with van der Waals surface area (Å²) in [5.74, 6) is 1.06. The SMILES string of the molecule is CC(C)(C)c1ccc2c(c1)OC[C@@H]1CNCCN21. The lowest BCUT2D eigenvalue weighted by Gasteiger charge is -2.42. The Bertz CT molecular complexity index is 450. The van der Waals surface area contributed by atoms with Crippen molar-refractivity contribution in [2.24, 2.45) is 0 Å². The minimum absolute atomic E-state index is 0.179. The molecule has 98 valence electrons. The van der Waals surface area contributed by atoms with E-state index in [1.807, 2.05) is 0 Å². The van der Waals surface area contributed by atoms with E-state index in [-0.39, 0.29) is 5.41 Å². The van der Waals surface area contributed by atoms with Crippen LogP contribution in [0, 0.1) is 0 Å². The highest BCUT2D eigenvalue weighted by Crippen LogP contribution is 2.37. The van der Waals surface area contributed by atoms with Crippen LogP contribution >= 0.6 is 0 Å². The fourth-order valence-corrected chi connectivity index (χ4v) is 2.75. The van der Waals surface area contributed by atoms with E-state index in [2.05, 4.69) is 49.2 Å². The van der Waals surface area contributed by atoms with Crippen LogP contribution in [0.25, 0.3) is 0 Å². The molecule has 0 aliphatic carbocycles. The molecule has 0 aromatic heterocycles. The number of fused-ring (bicyclic) bond motifs is 3. The van der Waals surface area contributed by atoms with Gasteiger partial charge in [-0.25, -0.2) is 0 Å². The van der Waals surface area contributed by atoms with Gasteiger partial charge in [0.05, 0.1) is 11.7 Å². The van der Waals surface area contributed by atoms with Gasteiger partial charge in [-0.1, -0.05) is 26.8 Å². The number of piperazine rings is 1. The second-order valence-corrected chi connectivity index (χ2v) is 6.29. The second kappa shape index (κ2) is 4.16. The summed E-state index contributed by atoms with van der Waals surface area (Å²) < 4.78 is 5.95. The number of hydrogen-bond acceptors (Lipinski definition) is 3. The van der Waals surface area contributed by atoms with Crippen LogP contribution in [0.15, 0.2) is 18.2 Å². The Morgan fingerprint density at radius 1 is 1.33 bits per heavy atom. The quantitative estimate of drug-likeness (QED) is 0.759. The molecule has 1 saturated heterocycles. The molecule has 2 aliphatic rings. The van der Waals surface area contributed by atoms with E-state index in [1.54, 1.807) is 0 Å². The molecule has 0 bridgehead atoms. The van der Waals surface area contributed by atoms with Gasteiger partial charge in [0.25, 0.3) is 0 Å². The number of hydrogen-bond donors (Lipinski definition) is 1. The molecule has 1 atom stereocenters. The lowest BCUT2D eigenvalue weighted by atomic mass is 9.86. The molecule has 3 heteroatoms. The summed E-state index contributed by atoms with van der Waals surface area (Å²) in [6.45, 7) is 10.7. The maximum absolute atomic E-state index is 5.95. The first-order valence-electron chi connectivity index (χ1n) is 6.80. The van der Waals surface area contributed by atoms with Crippen molar-refractivity contribution in [2.75, 3.05) is 31.1 Å². The minimum atomic E-state index is 0.179. The van der Waals surface area contributed by atoms with Gasteiger partial charge in [-0.05, 0) is 23.1 Å². The molecule has 2 heterocycles. The first-order chi connectivity index (χ1) is 8.55. The largest absolute Gasteiger partial charge is 0.489 e. The number of rotatable bonds is 0. The number of ether oxygens (including phenoxy) is 1. The number of benzene rings is 1. The van der Waals surface area contributed by atoms with Gasteiger partial charge in [-0.3, -0.25) is 0 Å². The summed E-state index contributed by atoms with van der Waals surface area (Å²) in [4.78, 5) is 2.49. The molecule has 3 rings (SSSR count). The van der Waals surface area contributed by atoms with Crippen LogP contribution in [0.3, 0.4) is 0 Å². The maximum atomic E-state index is 5.95. The van der Waals surface area contributed by atoms with E-state index in [4.69, 9.17) is 4.74 Å². The van der Waals surface area contributed by atoms with Crippen molar-refractivity contribution in [1.29, 1.82) is 0 Å². The van der Waals surface area contributed by atoms with Gasteiger partial charge >= 0.3 is 0 Å². The number of anilines is 1. The summed E-state index contributed by atoms with van der Waals surface area (Å²) in [7, 11) is 0. The van der Waals surface area contributed by atoms with Gasteiger partial charge in [0, 0.05) is 19.6 Å². The molecular formula is C15H22N2O. The molecule has 0 unspecified atom stereocenters. The fourth-order valence-electron chi connectivity index (χ4n) is 2.75. The third-order valence-corrected chi connectivity index (χ3v) is 3.92. The molecule has 1 N–H and O–H groups in total. The van der Waals surface area contributed by atoms with Crippen molar-refractivity contribution < 1.29 is 4.74 Å². The highest BCUT2D eigenvalue weighted by atomic mass is 16.5. The van der Waals surface area contributed by atoms with Crippen molar-refractivity contribution in [1.82, 2.24) is 5.32 Å². The lowest BCUT2D eigenvalue weighted by molar-refractivity contribution is 0.246. The standard InChI is InChI=1S/C15H22N2O/c1-15(2,3)11-4-5-13-14(8-11)18-10-12-9-16-6-7-17(12)13/h4-5,8,12,16H,6-7,9-10H2,1-3H3/t12-/m0/s1. The zero-order valence-corrected chi connectivity index (χ0v) is 11.5. The summed E-state index contributed by atoms with van der Waals surface area (Å²) in [5, 5.41) is 3.43. The van der Waals surface area contributed by atoms with Gasteiger partial charge in [0.2, 0.25) is 0 Å². The lowest BCUT2D eigenvalue weighted by Crippen LogP contribution is -2.55. The number of nitrogens with one attached hydrogen (secondary N) is 1. The number of nitrogens with zero attached hydrogens (tertiary/aromatic N) is 1. The van der Waals surface area contributed by atoms with Crippen LogP contribution in [-0.4, -0.2) is 32.3 Å². The monoisotopic (exact) mass is 246 g/mol. The molecule has 18 heavy (non-hydrogen) atoms. The van der Waals surface area contributed by atoms with Gasteiger partial charge in [0.1, 0.15) is 12.4 Å². The Balaban J connectivity index is 1.96. The maximum Gasteiger partial charge on any atom is 0.143 e. The molecule has 0 radical (unpaired) electrons. The predicted molar refractivity (Wildman–Crippen MR) is 74.6 cm³/mol. The van der Waals surface area contributed by atoms with Crippen LogP contribution in [0.2, 0.25) is 0 Å². The van der Waals surface area contributed by atoms with Gasteiger partial charge in [-0.15, -0.1) is 0 Å². The normalized spacial score (nSPS) is 23.1. The van der Waals surface area contributed by atoms with Crippen LogP contribution in [0.1, 0.15) is 26.3 Å². The van der Waals surface area contributed by atoms with Gasteiger partial charge < -0.3 is 15.0 Å². The van der Waals surface area contributed by atoms with E-state index in [1.165, 1.54) is 11.3 Å². The molecule has 1 fully saturated rings. The van der Waals surface area contributed by atoms with Crippen molar-refractivity contribution in [3.63, 3.8) is 0 Å². The average Bonchev–Trinajstić information content (AvgIpc) is 2.37. The smallest absolute Gasteiger partial charge is 0.143 e. The topological polar surface area (TPSA) is 24.5 Å². The third-order valence-electron chi connectivity index (χ3n) is 3.92. The predicted octanol–water partition coefficient (Wildman–Crippen LogP) is 2.15. The van der Waals surface area contributed by atoms with E-state index >= 15 is 0 Å². The summed E-state index contributed by atoms with van der Waals surface area (Å²) >= 11 is 0. The van der Waals surface area contributed by atoms with Crippen molar-refractivity contribution >= 4 is 5.69 Å². The van der Waals surface area contributed by atoms with Crippen molar-refractivity contribution in [3.05, 3.63) is 23.8 Å². The van der Waals surface area contributed by atoms with Gasteiger partial charge in [-0.2, -0.15) is 0 Å². The molecular weight excluding hydrogens is 224 g/mol. The van der Waals surface area contributed by atoms with Crippen LogP contribution < -0.4 is 15.0 Å². The molecule has 0 spiro atoms. The van der Waals surface area contributed by atoms with Crippen LogP contribution in [0.4, 0.5) is 5.69 Å². The molecule has 0 amide bonds. The molecule has 1 aromatic rings. The molecule has 0 saturated carbocycles. The van der Waals surface area contributed by atoms with E-state index in [0.717, 1.165) is 32.0 Å². The van der Waals surface area contributed by atoms with Crippen LogP contribution in [0.5, 0.6) is 5.75 Å². The Hall–Kier alpha value is -1.22. The van der Waals surface area contributed by atoms with Crippen LogP contribution in [-0.2, 0) is 5.41 Å². The Morgan fingerprint density at radius 2 is 2.17 bits per heavy atom. The minimum Gasteiger partial charge on any atom is -0.489 e. The Labute approximate surface area is 109 Å². The van der Waals surface area contributed by atoms with E-state index in [0.29, 0.717) is 6.04 Å². The third kappa shape index (κ3) is 1.97. The summed E-state index contributed by atoms with van der Waals surface area (Å²) in [6, 6.07) is 7.18. The van der Waals surface area contributed by atoms with Crippen molar-refractivity contribution in [3.8, 4) is 5.75 Å². The van der Waals surface area contributed by atoms with Gasteiger partial charge in [0.15, 0.2) is 0 Å². The second-order valence-electron chi connectivity index (χ2n) is 6.29. The fraction of sp³-hybridized carbons (Fsp3) is 0.600. The zero-order valence-electron chi connectivity index (χ0n) is 11.5. The zero-order chi connectivity index (χ0) is 12.8. The van der Waals surface area contributed by atoms with E-state index in [9.17, 15) is 0 Å². The molecule has 1 aromatic carbocycles.